The number of nitrogens with zero attached hydrogens (tertiary/aromatic N) is 1. The minimum Gasteiger partial charge on any atom is -0.339 e. The highest BCUT2D eigenvalue weighted by Gasteiger charge is 2.17. The van der Waals surface area contributed by atoms with Crippen molar-refractivity contribution < 1.29 is 4.79 Å². The van der Waals surface area contributed by atoms with Crippen LogP contribution >= 0.6 is 9.24 Å². The van der Waals surface area contributed by atoms with Gasteiger partial charge in [0, 0.05) is 12.3 Å². The lowest BCUT2D eigenvalue weighted by Gasteiger charge is -2.13. The van der Waals surface area contributed by atoms with Crippen LogP contribution in [0.25, 0.3) is 0 Å². The first-order chi connectivity index (χ1) is 3.84. The summed E-state index contributed by atoms with van der Waals surface area (Å²) in [4.78, 5) is 11.9. The Bertz CT molecular complexity index is 96.4. The van der Waals surface area contributed by atoms with Crippen molar-refractivity contribution in [3.05, 3.63) is 0 Å². The van der Waals surface area contributed by atoms with Gasteiger partial charge in [0.05, 0.1) is 0 Å². The highest BCUT2D eigenvalue weighted by atomic mass is 31.0. The van der Waals surface area contributed by atoms with Crippen LogP contribution in [0.15, 0.2) is 0 Å². The molecule has 3 heteroatoms. The molecule has 2 nitrogen and oxygen atoms in total. The Morgan fingerprint density at radius 1 is 1.75 bits per heavy atom. The van der Waals surface area contributed by atoms with Crippen molar-refractivity contribution >= 4 is 15.6 Å². The van der Waals surface area contributed by atoms with E-state index in [0.29, 0.717) is 5.78 Å². The minimum atomic E-state index is 0.410. The van der Waals surface area contributed by atoms with Gasteiger partial charge in [0.1, 0.15) is 0 Å². The molecule has 2 atom stereocenters. The van der Waals surface area contributed by atoms with Crippen LogP contribution in [0.3, 0.4) is 0 Å². The molecule has 8 heavy (non-hydrogen) atoms. The van der Waals surface area contributed by atoms with Gasteiger partial charge in [0.15, 0.2) is 0 Å². The number of rotatable bonds is 1. The van der Waals surface area contributed by atoms with Crippen LogP contribution < -0.4 is 0 Å². The molecule has 0 aromatic rings. The van der Waals surface area contributed by atoms with Gasteiger partial charge >= 0.3 is 0 Å². The Balaban J connectivity index is 2.41. The maximum Gasteiger partial charge on any atom is 0.210 e. The van der Waals surface area contributed by atoms with Crippen molar-refractivity contribution in [2.45, 2.75) is 18.6 Å². The summed E-state index contributed by atoms with van der Waals surface area (Å²) in [6.45, 7) is 0.942. The van der Waals surface area contributed by atoms with Gasteiger partial charge in [-0.25, -0.2) is 0 Å². The molecule has 0 spiro atoms. The Kier molecular flexibility index (Phi) is 1.85. The van der Waals surface area contributed by atoms with Crippen molar-refractivity contribution in [1.29, 1.82) is 0 Å². The molecule has 46 valence electrons. The number of hydrogen-bond donors (Lipinski definition) is 0. The number of carbonyl (C=O) groups is 1. The van der Waals surface area contributed by atoms with Crippen molar-refractivity contribution in [3.63, 3.8) is 0 Å². The molecule has 1 fully saturated rings. The molecule has 0 N–H and O–H groups in total. The third kappa shape index (κ3) is 1.00. The lowest BCUT2D eigenvalue weighted by Crippen LogP contribution is -2.22. The molecule has 0 saturated carbocycles. The molecule has 1 saturated heterocycles. The quantitative estimate of drug-likeness (QED) is 0.373. The fourth-order valence-electron chi connectivity index (χ4n) is 0.946. The van der Waals surface area contributed by atoms with Crippen LogP contribution in [0.2, 0.25) is 0 Å². The summed E-state index contributed by atoms with van der Waals surface area (Å²) in [5, 5.41) is 0. The fourth-order valence-corrected chi connectivity index (χ4v) is 1.40. The van der Waals surface area contributed by atoms with Gasteiger partial charge in [0.25, 0.3) is 0 Å². The summed E-state index contributed by atoms with van der Waals surface area (Å²) in [5.41, 5.74) is 0. The fraction of sp³-hybridized carbons (Fsp3) is 0.800. The highest BCUT2D eigenvalue weighted by Crippen LogP contribution is 2.19. The van der Waals surface area contributed by atoms with Gasteiger partial charge in [-0.1, -0.05) is 0 Å². The monoisotopic (exact) mass is 131 g/mol. The molecule has 2 unspecified atom stereocenters. The van der Waals surface area contributed by atoms with Crippen molar-refractivity contribution in [3.8, 4) is 0 Å². The van der Waals surface area contributed by atoms with Crippen LogP contribution in [-0.2, 0) is 4.79 Å². The highest BCUT2D eigenvalue weighted by molar-refractivity contribution is 7.17. The van der Waals surface area contributed by atoms with Gasteiger partial charge in [-0.3, -0.25) is 4.79 Å². The Hall–Kier alpha value is -0.100. The zero-order chi connectivity index (χ0) is 5.98. The number of likely N-dealkylation sites (tertiary alicyclic amines) is 1. The SMILES string of the molecule is O=CN1CCCC1P. The summed E-state index contributed by atoms with van der Waals surface area (Å²) in [5.74, 6) is 0.410. The smallest absolute Gasteiger partial charge is 0.210 e. The van der Waals surface area contributed by atoms with E-state index in [2.05, 4.69) is 9.24 Å². The standard InChI is InChI=1S/C5H10NOP/c7-4-6-3-1-2-5(6)8/h4-5H,1-3,8H2. The van der Waals surface area contributed by atoms with Crippen molar-refractivity contribution in [2.75, 3.05) is 6.54 Å². The maximum absolute atomic E-state index is 10.1. The third-order valence-corrected chi connectivity index (χ3v) is 2.19. The lowest BCUT2D eigenvalue weighted by molar-refractivity contribution is -0.117. The van der Waals surface area contributed by atoms with Crippen LogP contribution in [0.4, 0.5) is 0 Å². The first-order valence-corrected chi connectivity index (χ1v) is 3.48. The second-order valence-electron chi connectivity index (χ2n) is 2.05. The summed E-state index contributed by atoms with van der Waals surface area (Å²) >= 11 is 0. The van der Waals surface area contributed by atoms with E-state index >= 15 is 0 Å². The van der Waals surface area contributed by atoms with E-state index in [0.717, 1.165) is 25.8 Å². The molecular weight excluding hydrogens is 121 g/mol. The molecule has 0 aromatic heterocycles. The van der Waals surface area contributed by atoms with E-state index in [1.165, 1.54) is 0 Å². The lowest BCUT2D eigenvalue weighted by atomic mass is 10.4. The Labute approximate surface area is 51.4 Å². The zero-order valence-corrected chi connectivity index (χ0v) is 5.86. The van der Waals surface area contributed by atoms with E-state index in [1.807, 2.05) is 4.90 Å². The van der Waals surface area contributed by atoms with Gasteiger partial charge in [-0.15, -0.1) is 9.24 Å². The molecule has 0 aromatic carbocycles. The van der Waals surface area contributed by atoms with Crippen LogP contribution in [-0.4, -0.2) is 23.6 Å². The summed E-state index contributed by atoms with van der Waals surface area (Å²) in [6.07, 6.45) is 3.22. The average Bonchev–Trinajstić information content (AvgIpc) is 2.14. The number of carbonyl (C=O) groups excluding carboxylic acids is 1. The number of hydrogen-bond acceptors (Lipinski definition) is 1. The molecular formula is C5H10NOP. The van der Waals surface area contributed by atoms with Crippen molar-refractivity contribution in [2.24, 2.45) is 0 Å². The minimum absolute atomic E-state index is 0.410. The Morgan fingerprint density at radius 3 is 2.75 bits per heavy atom. The molecule has 0 aliphatic carbocycles. The van der Waals surface area contributed by atoms with Crippen LogP contribution in [0.1, 0.15) is 12.8 Å². The summed E-state index contributed by atoms with van der Waals surface area (Å²) in [6, 6.07) is 0. The number of amides is 1. The van der Waals surface area contributed by atoms with Gasteiger partial charge in [0.2, 0.25) is 6.41 Å². The predicted molar refractivity (Wildman–Crippen MR) is 35.5 cm³/mol. The first-order valence-electron chi connectivity index (χ1n) is 2.81. The average molecular weight is 131 g/mol. The van der Waals surface area contributed by atoms with E-state index < -0.39 is 0 Å². The van der Waals surface area contributed by atoms with E-state index in [1.54, 1.807) is 0 Å². The third-order valence-electron chi connectivity index (χ3n) is 1.48. The van der Waals surface area contributed by atoms with E-state index in [4.69, 9.17) is 0 Å². The van der Waals surface area contributed by atoms with E-state index in [-0.39, 0.29) is 0 Å². The largest absolute Gasteiger partial charge is 0.339 e. The summed E-state index contributed by atoms with van der Waals surface area (Å²) in [7, 11) is 2.65. The Morgan fingerprint density at radius 2 is 2.50 bits per heavy atom. The van der Waals surface area contributed by atoms with Gasteiger partial charge < -0.3 is 4.90 Å². The molecule has 1 aliphatic rings. The summed E-state index contributed by atoms with van der Waals surface area (Å²) < 4.78 is 0. The normalized spacial score (nSPS) is 28.6. The molecule has 0 radical (unpaired) electrons. The maximum atomic E-state index is 10.1. The van der Waals surface area contributed by atoms with Gasteiger partial charge in [-0.05, 0) is 12.8 Å². The van der Waals surface area contributed by atoms with Crippen LogP contribution in [0.5, 0.6) is 0 Å². The second kappa shape index (κ2) is 2.45. The molecule has 1 aliphatic heterocycles. The topological polar surface area (TPSA) is 20.3 Å². The second-order valence-corrected chi connectivity index (χ2v) is 2.82. The van der Waals surface area contributed by atoms with E-state index in [9.17, 15) is 4.79 Å². The van der Waals surface area contributed by atoms with Crippen LogP contribution in [0, 0.1) is 0 Å². The van der Waals surface area contributed by atoms with Crippen molar-refractivity contribution in [1.82, 2.24) is 4.90 Å². The first kappa shape index (κ1) is 6.03. The molecule has 0 bridgehead atoms. The molecule has 1 heterocycles. The predicted octanol–water partition coefficient (Wildman–Crippen LogP) is 0.440. The zero-order valence-electron chi connectivity index (χ0n) is 4.71. The molecule has 1 amide bonds. The van der Waals surface area contributed by atoms with Gasteiger partial charge in [-0.2, -0.15) is 0 Å². The molecule has 1 rings (SSSR count).